The predicted molar refractivity (Wildman–Crippen MR) is 109 cm³/mol. The summed E-state index contributed by atoms with van der Waals surface area (Å²) in [6, 6.07) is 13.5. The average molecular weight is 420 g/mol. The third kappa shape index (κ3) is 3.71. The summed E-state index contributed by atoms with van der Waals surface area (Å²) in [6.45, 7) is 4.00. The van der Waals surface area contributed by atoms with Crippen LogP contribution >= 0.6 is 27.5 Å². The van der Waals surface area contributed by atoms with Gasteiger partial charge in [0.25, 0.3) is 0 Å². The van der Waals surface area contributed by atoms with Crippen molar-refractivity contribution in [1.82, 2.24) is 0 Å². The number of hydrogen-bond acceptors (Lipinski definition) is 1. The summed E-state index contributed by atoms with van der Waals surface area (Å²) in [6.07, 6.45) is 6.91. The van der Waals surface area contributed by atoms with Gasteiger partial charge in [0.1, 0.15) is 0 Å². The van der Waals surface area contributed by atoms with Crippen LogP contribution in [0.2, 0.25) is 5.02 Å². The molecule has 0 amide bonds. The first-order chi connectivity index (χ1) is 12.1. The van der Waals surface area contributed by atoms with Gasteiger partial charge < -0.3 is 0 Å². The van der Waals surface area contributed by atoms with E-state index < -0.39 is 0 Å². The molecule has 1 nitrogen and oxygen atoms in total. The minimum absolute atomic E-state index is 0.0214. The molecule has 0 radical (unpaired) electrons. The number of carbonyl (C=O) groups is 1. The van der Waals surface area contributed by atoms with Crippen LogP contribution in [0.1, 0.15) is 73.4 Å². The second kappa shape index (κ2) is 7.63. The van der Waals surface area contributed by atoms with E-state index in [0.29, 0.717) is 27.5 Å². The van der Waals surface area contributed by atoms with Crippen LogP contribution in [0.3, 0.4) is 0 Å². The summed E-state index contributed by atoms with van der Waals surface area (Å²) in [5.74, 6) is 0.667. The minimum Gasteiger partial charge on any atom is -0.289 e. The van der Waals surface area contributed by atoms with E-state index in [2.05, 4.69) is 28.1 Å². The number of carbonyl (C=O) groups excluding carboxylic acids is 1. The van der Waals surface area contributed by atoms with Crippen molar-refractivity contribution in [3.8, 4) is 0 Å². The molecule has 4 rings (SSSR count). The molecule has 2 fully saturated rings. The Labute approximate surface area is 163 Å². The first-order valence-corrected chi connectivity index (χ1v) is 10.3. The lowest BCUT2D eigenvalue weighted by Gasteiger charge is -2.54. The highest BCUT2D eigenvalue weighted by atomic mass is 79.9. The van der Waals surface area contributed by atoms with E-state index in [-0.39, 0.29) is 5.78 Å². The first-order valence-electron chi connectivity index (χ1n) is 9.16. The summed E-state index contributed by atoms with van der Waals surface area (Å²) < 4.78 is 0.863. The third-order valence-electron chi connectivity index (χ3n) is 5.59. The lowest BCUT2D eigenvalue weighted by atomic mass is 9.51. The zero-order valence-electron chi connectivity index (χ0n) is 14.8. The van der Waals surface area contributed by atoms with Crippen LogP contribution < -0.4 is 0 Å². The maximum atomic E-state index is 12.6. The van der Waals surface area contributed by atoms with Gasteiger partial charge in [-0.3, -0.25) is 4.79 Å². The van der Waals surface area contributed by atoms with Crippen LogP contribution in [0.15, 0.2) is 46.9 Å². The standard InChI is InChI=1S/C20H18BrClO.C2H6/c21-16-6-7-18(22)17(10-16)19(23)14-4-2-13(3-5-14)15-11-20(12-15)8-1-9-20;1-2/h2-7,10,15H,1,8-9,11-12H2;1-2H3. The smallest absolute Gasteiger partial charge is 0.194 e. The number of hydrogen-bond donors (Lipinski definition) is 0. The van der Waals surface area contributed by atoms with Gasteiger partial charge in [0.05, 0.1) is 5.02 Å². The molecule has 0 bridgehead atoms. The molecule has 2 aromatic carbocycles. The Bertz CT molecular complexity index is 754. The van der Waals surface area contributed by atoms with Gasteiger partial charge in [-0.1, -0.05) is 72.1 Å². The highest BCUT2D eigenvalue weighted by Crippen LogP contribution is 2.61. The van der Waals surface area contributed by atoms with E-state index in [4.69, 9.17) is 11.6 Å². The summed E-state index contributed by atoms with van der Waals surface area (Å²) in [7, 11) is 0. The number of halogens is 2. The Morgan fingerprint density at radius 3 is 2.28 bits per heavy atom. The molecule has 2 aromatic rings. The summed E-state index contributed by atoms with van der Waals surface area (Å²) in [5, 5.41) is 0.494. The Morgan fingerprint density at radius 1 is 1.08 bits per heavy atom. The van der Waals surface area contributed by atoms with Crippen molar-refractivity contribution in [2.75, 3.05) is 0 Å². The molecule has 0 N–H and O–H groups in total. The zero-order chi connectivity index (χ0) is 18.0. The average Bonchev–Trinajstić information content (AvgIpc) is 2.56. The molecule has 0 saturated heterocycles. The molecule has 2 aliphatic carbocycles. The lowest BCUT2D eigenvalue weighted by molar-refractivity contribution is 0.00900. The van der Waals surface area contributed by atoms with Crippen molar-refractivity contribution in [2.45, 2.75) is 51.9 Å². The van der Waals surface area contributed by atoms with Crippen molar-refractivity contribution >= 4 is 33.3 Å². The van der Waals surface area contributed by atoms with Crippen LogP contribution in [0, 0.1) is 5.41 Å². The largest absolute Gasteiger partial charge is 0.289 e. The molecule has 2 saturated carbocycles. The molecular formula is C22H24BrClO. The summed E-state index contributed by atoms with van der Waals surface area (Å²) in [4.78, 5) is 12.6. The Kier molecular flexibility index (Phi) is 5.70. The van der Waals surface area contributed by atoms with E-state index in [1.165, 1.54) is 37.7 Å². The van der Waals surface area contributed by atoms with Gasteiger partial charge in [-0.25, -0.2) is 0 Å². The fourth-order valence-corrected chi connectivity index (χ4v) is 4.60. The van der Waals surface area contributed by atoms with E-state index in [9.17, 15) is 4.79 Å². The van der Waals surface area contributed by atoms with E-state index in [0.717, 1.165) is 4.47 Å². The second-order valence-corrected chi connectivity index (χ2v) is 8.36. The van der Waals surface area contributed by atoms with Crippen LogP contribution in [0.5, 0.6) is 0 Å². The number of rotatable bonds is 3. The lowest BCUT2D eigenvalue weighted by Crippen LogP contribution is -2.41. The maximum Gasteiger partial charge on any atom is 0.194 e. The molecule has 25 heavy (non-hydrogen) atoms. The first kappa shape index (κ1) is 18.7. The molecule has 0 heterocycles. The van der Waals surface area contributed by atoms with E-state index in [1.807, 2.05) is 32.0 Å². The fraction of sp³-hybridized carbons (Fsp3) is 0.409. The van der Waals surface area contributed by atoms with Crippen molar-refractivity contribution < 1.29 is 4.79 Å². The van der Waals surface area contributed by atoms with Crippen LogP contribution in [-0.4, -0.2) is 5.78 Å². The Balaban J connectivity index is 0.000000880. The molecule has 132 valence electrons. The van der Waals surface area contributed by atoms with Crippen molar-refractivity contribution in [3.05, 3.63) is 68.7 Å². The Morgan fingerprint density at radius 2 is 1.72 bits per heavy atom. The van der Waals surface area contributed by atoms with Gasteiger partial charge in [-0.05, 0) is 60.8 Å². The molecule has 0 aliphatic heterocycles. The molecule has 0 aromatic heterocycles. The highest BCUT2D eigenvalue weighted by Gasteiger charge is 2.48. The number of benzene rings is 2. The normalized spacial score (nSPS) is 17.9. The highest BCUT2D eigenvalue weighted by molar-refractivity contribution is 9.10. The van der Waals surface area contributed by atoms with Gasteiger partial charge in [-0.2, -0.15) is 0 Å². The summed E-state index contributed by atoms with van der Waals surface area (Å²) in [5.41, 5.74) is 3.31. The second-order valence-electron chi connectivity index (χ2n) is 7.03. The zero-order valence-corrected chi connectivity index (χ0v) is 17.2. The van der Waals surface area contributed by atoms with Gasteiger partial charge in [-0.15, -0.1) is 0 Å². The van der Waals surface area contributed by atoms with Gasteiger partial charge in [0.2, 0.25) is 0 Å². The van der Waals surface area contributed by atoms with Crippen LogP contribution in [-0.2, 0) is 0 Å². The molecular weight excluding hydrogens is 396 g/mol. The SMILES string of the molecule is CC.O=C(c1ccc(C2CC3(CCC3)C2)cc1)c1cc(Br)ccc1Cl. The Hall–Kier alpha value is -1.12. The molecule has 0 atom stereocenters. The summed E-state index contributed by atoms with van der Waals surface area (Å²) >= 11 is 9.56. The fourth-order valence-electron chi connectivity index (χ4n) is 4.04. The topological polar surface area (TPSA) is 17.1 Å². The predicted octanol–water partition coefficient (Wildman–Crippen LogP) is 7.41. The van der Waals surface area contributed by atoms with Crippen LogP contribution in [0.25, 0.3) is 0 Å². The molecule has 0 unspecified atom stereocenters. The van der Waals surface area contributed by atoms with Gasteiger partial charge in [0, 0.05) is 15.6 Å². The van der Waals surface area contributed by atoms with Gasteiger partial charge in [0.15, 0.2) is 5.78 Å². The van der Waals surface area contributed by atoms with Crippen LogP contribution in [0.4, 0.5) is 0 Å². The minimum atomic E-state index is -0.0214. The van der Waals surface area contributed by atoms with Crippen molar-refractivity contribution in [1.29, 1.82) is 0 Å². The van der Waals surface area contributed by atoms with Gasteiger partial charge >= 0.3 is 0 Å². The third-order valence-corrected chi connectivity index (χ3v) is 6.41. The molecule has 1 spiro atoms. The van der Waals surface area contributed by atoms with Crippen molar-refractivity contribution in [2.24, 2.45) is 5.41 Å². The van der Waals surface area contributed by atoms with E-state index >= 15 is 0 Å². The molecule has 3 heteroatoms. The quantitative estimate of drug-likeness (QED) is 0.473. The van der Waals surface area contributed by atoms with Crippen molar-refractivity contribution in [3.63, 3.8) is 0 Å². The van der Waals surface area contributed by atoms with E-state index in [1.54, 1.807) is 12.1 Å². The number of ketones is 1. The monoisotopic (exact) mass is 418 g/mol. The maximum absolute atomic E-state index is 12.6. The molecule has 2 aliphatic rings.